The lowest BCUT2D eigenvalue weighted by molar-refractivity contribution is -0.145. The number of benzene rings is 3. The first kappa shape index (κ1) is 17.5. The van der Waals surface area contributed by atoms with Gasteiger partial charge in [-0.15, -0.1) is 0 Å². The van der Waals surface area contributed by atoms with Gasteiger partial charge in [-0.2, -0.15) is 4.31 Å². The smallest absolute Gasteiger partial charge is 0.326 e. The van der Waals surface area contributed by atoms with E-state index in [9.17, 15) is 4.79 Å². The van der Waals surface area contributed by atoms with Crippen molar-refractivity contribution in [3.8, 4) is 11.1 Å². The first-order valence-electron chi connectivity index (χ1n) is 9.20. The number of carbonyl (C=O) groups excluding carboxylic acids is 1. The van der Waals surface area contributed by atoms with Crippen LogP contribution < -0.4 is 0 Å². The minimum Gasteiger partial charge on any atom is -0.468 e. The van der Waals surface area contributed by atoms with Crippen LogP contribution in [0.15, 0.2) is 78.9 Å². The summed E-state index contributed by atoms with van der Waals surface area (Å²) in [5.41, 5.74) is 5.10. The summed E-state index contributed by atoms with van der Waals surface area (Å²) >= 11 is 1.24. The zero-order chi connectivity index (χ0) is 19.1. The molecule has 1 saturated heterocycles. The molecule has 28 heavy (non-hydrogen) atoms. The number of esters is 1. The third-order valence-corrected chi connectivity index (χ3v) is 6.49. The molecular weight excluding hydrogens is 370 g/mol. The van der Waals surface area contributed by atoms with E-state index in [0.29, 0.717) is 0 Å². The standard InChI is InChI=1S/C23H19NO3S/c1-26-22(25)21-15-27-28-24(21)23(16-9-3-2-4-10-16)19-13-7-5-11-17(19)18-12-6-8-14-20(18)23/h2-14,21H,15H2,1H3. The van der Waals surface area contributed by atoms with Crippen LogP contribution in [0.3, 0.4) is 0 Å². The number of nitrogens with zero attached hydrogens (tertiary/aromatic N) is 1. The van der Waals surface area contributed by atoms with Gasteiger partial charge in [0.25, 0.3) is 0 Å². The van der Waals surface area contributed by atoms with E-state index in [1.165, 1.54) is 30.5 Å². The number of fused-ring (bicyclic) bond motifs is 3. The SMILES string of the molecule is COC(=O)C1COSN1C1(c2ccccc2)c2ccccc2-c2ccccc21. The molecule has 0 radical (unpaired) electrons. The molecule has 140 valence electrons. The van der Waals surface area contributed by atoms with Crippen molar-refractivity contribution in [2.75, 3.05) is 13.7 Å². The Morgan fingerprint density at radius 2 is 1.54 bits per heavy atom. The van der Waals surface area contributed by atoms with E-state index < -0.39 is 11.6 Å². The minimum absolute atomic E-state index is 0.288. The number of hydrogen-bond donors (Lipinski definition) is 0. The van der Waals surface area contributed by atoms with E-state index >= 15 is 0 Å². The minimum atomic E-state index is -0.644. The third-order valence-electron chi connectivity index (χ3n) is 5.56. The molecular formula is C23H19NO3S. The Labute approximate surface area is 168 Å². The van der Waals surface area contributed by atoms with Crippen molar-refractivity contribution in [1.29, 1.82) is 0 Å². The van der Waals surface area contributed by atoms with Gasteiger partial charge in [0.1, 0.15) is 11.6 Å². The van der Waals surface area contributed by atoms with E-state index in [2.05, 4.69) is 65.0 Å². The summed E-state index contributed by atoms with van der Waals surface area (Å²) in [6.07, 6.45) is 0. The zero-order valence-electron chi connectivity index (χ0n) is 15.4. The van der Waals surface area contributed by atoms with Gasteiger partial charge in [0.15, 0.2) is 0 Å². The molecule has 0 spiro atoms. The Kier molecular flexibility index (Phi) is 4.23. The van der Waals surface area contributed by atoms with Crippen molar-refractivity contribution in [2.24, 2.45) is 0 Å². The number of carbonyl (C=O) groups is 1. The van der Waals surface area contributed by atoms with Crippen LogP contribution in [0.25, 0.3) is 11.1 Å². The number of rotatable bonds is 3. The maximum absolute atomic E-state index is 12.6. The Morgan fingerprint density at radius 1 is 0.964 bits per heavy atom. The first-order chi connectivity index (χ1) is 13.8. The Hall–Kier alpha value is -2.60. The van der Waals surface area contributed by atoms with Crippen molar-refractivity contribution in [3.63, 3.8) is 0 Å². The quantitative estimate of drug-likeness (QED) is 0.377. The van der Waals surface area contributed by atoms with E-state index in [0.717, 1.165) is 16.7 Å². The summed E-state index contributed by atoms with van der Waals surface area (Å²) in [6.45, 7) is 0.288. The van der Waals surface area contributed by atoms with E-state index in [-0.39, 0.29) is 12.6 Å². The summed E-state index contributed by atoms with van der Waals surface area (Å²) < 4.78 is 12.9. The lowest BCUT2D eigenvalue weighted by atomic mass is 9.80. The molecule has 3 aromatic carbocycles. The molecule has 0 bridgehead atoms. The molecule has 2 aliphatic rings. The molecule has 1 aliphatic heterocycles. The summed E-state index contributed by atoms with van der Waals surface area (Å²) in [7, 11) is 1.43. The fourth-order valence-electron chi connectivity index (χ4n) is 4.43. The first-order valence-corrected chi connectivity index (χ1v) is 9.90. The van der Waals surface area contributed by atoms with Gasteiger partial charge in [0.05, 0.1) is 25.9 Å². The topological polar surface area (TPSA) is 38.8 Å². The molecule has 0 aromatic heterocycles. The van der Waals surface area contributed by atoms with Crippen molar-refractivity contribution in [1.82, 2.24) is 4.31 Å². The summed E-state index contributed by atoms with van der Waals surface area (Å²) in [5, 5.41) is 0. The van der Waals surface area contributed by atoms with Crippen LogP contribution in [0.4, 0.5) is 0 Å². The van der Waals surface area contributed by atoms with Gasteiger partial charge >= 0.3 is 5.97 Å². The second-order valence-electron chi connectivity index (χ2n) is 6.89. The van der Waals surface area contributed by atoms with Crippen LogP contribution in [0.2, 0.25) is 0 Å². The fourth-order valence-corrected chi connectivity index (χ4v) is 5.40. The average molecular weight is 389 g/mol. The molecule has 5 rings (SSSR count). The summed E-state index contributed by atoms with van der Waals surface area (Å²) in [4.78, 5) is 12.6. The Bertz CT molecular complexity index is 991. The second-order valence-corrected chi connectivity index (χ2v) is 7.67. The molecule has 4 nitrogen and oxygen atoms in total. The fraction of sp³-hybridized carbons (Fsp3) is 0.174. The van der Waals surface area contributed by atoms with Gasteiger partial charge in [-0.3, -0.25) is 8.98 Å². The highest BCUT2D eigenvalue weighted by Gasteiger charge is 2.55. The zero-order valence-corrected chi connectivity index (χ0v) is 16.2. The number of hydrogen-bond acceptors (Lipinski definition) is 5. The van der Waals surface area contributed by atoms with Crippen LogP contribution in [0.5, 0.6) is 0 Å². The Balaban J connectivity index is 1.86. The lowest BCUT2D eigenvalue weighted by Crippen LogP contribution is -2.49. The predicted molar refractivity (Wildman–Crippen MR) is 109 cm³/mol. The van der Waals surface area contributed by atoms with E-state index in [4.69, 9.17) is 8.92 Å². The van der Waals surface area contributed by atoms with Crippen LogP contribution in [0.1, 0.15) is 16.7 Å². The van der Waals surface area contributed by atoms with Crippen molar-refractivity contribution < 1.29 is 13.7 Å². The van der Waals surface area contributed by atoms with Crippen LogP contribution in [0, 0.1) is 0 Å². The van der Waals surface area contributed by atoms with Crippen molar-refractivity contribution >= 4 is 18.2 Å². The molecule has 1 unspecified atom stereocenters. The van der Waals surface area contributed by atoms with Gasteiger partial charge < -0.3 is 4.74 Å². The molecule has 5 heteroatoms. The highest BCUT2D eigenvalue weighted by atomic mass is 32.2. The average Bonchev–Trinajstić information content (AvgIpc) is 3.36. The normalized spacial score (nSPS) is 19.8. The van der Waals surface area contributed by atoms with Crippen LogP contribution in [-0.4, -0.2) is 30.0 Å². The summed E-state index contributed by atoms with van der Waals surface area (Å²) in [5.74, 6) is -0.290. The largest absolute Gasteiger partial charge is 0.468 e. The molecule has 0 N–H and O–H groups in total. The lowest BCUT2D eigenvalue weighted by Gasteiger charge is -2.41. The number of ether oxygens (including phenoxy) is 1. The third kappa shape index (κ3) is 2.30. The van der Waals surface area contributed by atoms with E-state index in [1.807, 2.05) is 18.2 Å². The molecule has 1 aliphatic carbocycles. The molecule has 0 saturated carbocycles. The van der Waals surface area contributed by atoms with Crippen molar-refractivity contribution in [2.45, 2.75) is 11.6 Å². The van der Waals surface area contributed by atoms with Crippen LogP contribution in [-0.2, 0) is 19.3 Å². The van der Waals surface area contributed by atoms with Gasteiger partial charge in [-0.05, 0) is 27.8 Å². The molecule has 3 aromatic rings. The molecule has 1 heterocycles. The highest BCUT2D eigenvalue weighted by molar-refractivity contribution is 7.92. The predicted octanol–water partition coefficient (Wildman–Crippen LogP) is 4.40. The van der Waals surface area contributed by atoms with Gasteiger partial charge in [-0.1, -0.05) is 78.9 Å². The molecule has 1 fully saturated rings. The maximum Gasteiger partial charge on any atom is 0.326 e. The van der Waals surface area contributed by atoms with Gasteiger partial charge in [-0.25, -0.2) is 0 Å². The van der Waals surface area contributed by atoms with Gasteiger partial charge in [0, 0.05) is 0 Å². The molecule has 1 atom stereocenters. The highest BCUT2D eigenvalue weighted by Crippen LogP contribution is 2.57. The second kappa shape index (κ2) is 6.78. The van der Waals surface area contributed by atoms with Gasteiger partial charge in [0.2, 0.25) is 0 Å². The summed E-state index contributed by atoms with van der Waals surface area (Å²) in [6, 6.07) is 26.6. The van der Waals surface area contributed by atoms with E-state index in [1.54, 1.807) is 0 Å². The monoisotopic (exact) mass is 389 g/mol. The van der Waals surface area contributed by atoms with Crippen molar-refractivity contribution in [3.05, 3.63) is 95.6 Å². The molecule has 0 amide bonds. The number of methoxy groups -OCH3 is 1. The van der Waals surface area contributed by atoms with Crippen LogP contribution >= 0.6 is 12.2 Å². The maximum atomic E-state index is 12.6. The Morgan fingerprint density at radius 3 is 2.14 bits per heavy atom.